The number of primary amides is 1. The van der Waals surface area contributed by atoms with Gasteiger partial charge in [0.15, 0.2) is 0 Å². The number of alkyl halides is 1. The average Bonchev–Trinajstić information content (AvgIpc) is 2.49. The van der Waals surface area contributed by atoms with E-state index in [2.05, 4.69) is 5.32 Å². The van der Waals surface area contributed by atoms with Gasteiger partial charge in [-0.25, -0.2) is 4.39 Å². The van der Waals surface area contributed by atoms with E-state index in [0.717, 1.165) is 11.6 Å². The molecule has 0 aliphatic heterocycles. The third-order valence-corrected chi connectivity index (χ3v) is 3.18. The smallest absolute Gasteiger partial charge is 0.255 e. The van der Waals surface area contributed by atoms with Gasteiger partial charge in [0.2, 0.25) is 5.91 Å². The van der Waals surface area contributed by atoms with E-state index in [9.17, 15) is 14.0 Å². The molecule has 2 aromatic rings. The number of nitrogens with one attached hydrogen (secondary N) is 1. The van der Waals surface area contributed by atoms with Crippen LogP contribution in [0.1, 0.15) is 26.3 Å². The number of anilines is 1. The molecule has 0 radical (unpaired) electrons. The number of benzene rings is 2. The number of halogens is 2. The molecule has 0 spiro atoms. The Morgan fingerprint density at radius 3 is 2.29 bits per heavy atom. The Morgan fingerprint density at radius 1 is 1.10 bits per heavy atom. The molecule has 0 aromatic heterocycles. The van der Waals surface area contributed by atoms with E-state index < -0.39 is 17.6 Å². The molecule has 0 bridgehead atoms. The molecule has 2 amide bonds. The van der Waals surface area contributed by atoms with Crippen LogP contribution in [0.25, 0.3) is 0 Å². The molecule has 0 heterocycles. The first-order valence-corrected chi connectivity index (χ1v) is 6.60. The number of carbonyl (C=O) groups is 2. The maximum atomic E-state index is 13.6. The molecular formula is C15H12ClFN2O2. The van der Waals surface area contributed by atoms with Gasteiger partial charge in [-0.2, -0.15) is 0 Å². The Labute approximate surface area is 125 Å². The van der Waals surface area contributed by atoms with Crippen LogP contribution in [0, 0.1) is 5.82 Å². The summed E-state index contributed by atoms with van der Waals surface area (Å²) in [7, 11) is 0. The van der Waals surface area contributed by atoms with Crippen molar-refractivity contribution in [2.45, 2.75) is 5.88 Å². The molecule has 4 nitrogen and oxygen atoms in total. The summed E-state index contributed by atoms with van der Waals surface area (Å²) in [5, 5.41) is 2.40. The lowest BCUT2D eigenvalue weighted by molar-refractivity contribution is 0.0996. The third kappa shape index (κ3) is 3.58. The van der Waals surface area contributed by atoms with Crippen molar-refractivity contribution < 1.29 is 14.0 Å². The number of amides is 2. The topological polar surface area (TPSA) is 72.2 Å². The van der Waals surface area contributed by atoms with Gasteiger partial charge in [-0.05, 0) is 35.9 Å². The molecular weight excluding hydrogens is 295 g/mol. The zero-order valence-electron chi connectivity index (χ0n) is 10.9. The molecule has 0 atom stereocenters. The largest absolute Gasteiger partial charge is 0.366 e. The lowest BCUT2D eigenvalue weighted by Crippen LogP contribution is -2.15. The molecule has 0 saturated carbocycles. The summed E-state index contributed by atoms with van der Waals surface area (Å²) in [6.45, 7) is 0. The summed E-state index contributed by atoms with van der Waals surface area (Å²) in [5.74, 6) is -1.49. The van der Waals surface area contributed by atoms with Crippen LogP contribution in [-0.4, -0.2) is 11.8 Å². The summed E-state index contributed by atoms with van der Waals surface area (Å²) >= 11 is 5.66. The van der Waals surface area contributed by atoms with E-state index in [1.54, 1.807) is 24.3 Å². The van der Waals surface area contributed by atoms with Crippen molar-refractivity contribution in [3.63, 3.8) is 0 Å². The van der Waals surface area contributed by atoms with Gasteiger partial charge in [0.05, 0.1) is 5.69 Å². The van der Waals surface area contributed by atoms with Gasteiger partial charge in [-0.3, -0.25) is 9.59 Å². The molecule has 6 heteroatoms. The summed E-state index contributed by atoms with van der Waals surface area (Å²) in [6, 6.07) is 10.1. The van der Waals surface area contributed by atoms with Crippen molar-refractivity contribution in [1.82, 2.24) is 0 Å². The highest BCUT2D eigenvalue weighted by atomic mass is 35.5. The van der Waals surface area contributed by atoms with Crippen LogP contribution in [0.15, 0.2) is 42.5 Å². The third-order valence-electron chi connectivity index (χ3n) is 2.87. The Bertz CT molecular complexity index is 687. The minimum atomic E-state index is -0.697. The van der Waals surface area contributed by atoms with Crippen molar-refractivity contribution in [1.29, 1.82) is 0 Å². The highest BCUT2D eigenvalue weighted by Gasteiger charge is 2.11. The molecule has 108 valence electrons. The monoisotopic (exact) mass is 306 g/mol. The van der Waals surface area contributed by atoms with Crippen molar-refractivity contribution in [2.24, 2.45) is 5.73 Å². The van der Waals surface area contributed by atoms with Crippen LogP contribution < -0.4 is 11.1 Å². The minimum absolute atomic E-state index is 0.0993. The fraction of sp³-hybridized carbons (Fsp3) is 0.0667. The second-order valence-electron chi connectivity index (χ2n) is 4.34. The SMILES string of the molecule is NC(=O)c1ccc(F)c(NC(=O)c2ccc(CCl)cc2)c1. The predicted octanol–water partition coefficient (Wildman–Crippen LogP) is 2.92. The summed E-state index contributed by atoms with van der Waals surface area (Å²) in [4.78, 5) is 23.1. The Kier molecular flexibility index (Phi) is 4.55. The van der Waals surface area contributed by atoms with Crippen LogP contribution in [0.5, 0.6) is 0 Å². The Hall–Kier alpha value is -2.40. The van der Waals surface area contributed by atoms with E-state index in [1.165, 1.54) is 12.1 Å². The predicted molar refractivity (Wildman–Crippen MR) is 78.9 cm³/mol. The highest BCUT2D eigenvalue weighted by Crippen LogP contribution is 2.17. The van der Waals surface area contributed by atoms with E-state index >= 15 is 0 Å². The van der Waals surface area contributed by atoms with Crippen LogP contribution >= 0.6 is 11.6 Å². The zero-order chi connectivity index (χ0) is 15.4. The van der Waals surface area contributed by atoms with E-state index in [4.69, 9.17) is 17.3 Å². The summed E-state index contributed by atoms with van der Waals surface area (Å²) in [6.07, 6.45) is 0. The maximum absolute atomic E-state index is 13.6. The highest BCUT2D eigenvalue weighted by molar-refractivity contribution is 6.17. The first-order chi connectivity index (χ1) is 10.0. The number of hydrogen-bond donors (Lipinski definition) is 2. The number of carbonyl (C=O) groups excluding carboxylic acids is 2. The van der Waals surface area contributed by atoms with Crippen LogP contribution in [0.3, 0.4) is 0 Å². The van der Waals surface area contributed by atoms with Gasteiger partial charge in [0.1, 0.15) is 5.82 Å². The number of hydrogen-bond acceptors (Lipinski definition) is 2. The molecule has 2 aromatic carbocycles. The Balaban J connectivity index is 2.22. The maximum Gasteiger partial charge on any atom is 0.255 e. The number of rotatable bonds is 4. The lowest BCUT2D eigenvalue weighted by atomic mass is 10.1. The molecule has 2 rings (SSSR count). The van der Waals surface area contributed by atoms with Gasteiger partial charge in [-0.1, -0.05) is 12.1 Å². The molecule has 0 unspecified atom stereocenters. The van der Waals surface area contributed by atoms with Crippen molar-refractivity contribution in [3.8, 4) is 0 Å². The van der Waals surface area contributed by atoms with Crippen LogP contribution in [-0.2, 0) is 5.88 Å². The molecule has 0 saturated heterocycles. The second-order valence-corrected chi connectivity index (χ2v) is 4.61. The second kappa shape index (κ2) is 6.37. The number of nitrogens with two attached hydrogens (primary N) is 1. The first-order valence-electron chi connectivity index (χ1n) is 6.07. The zero-order valence-corrected chi connectivity index (χ0v) is 11.7. The lowest BCUT2D eigenvalue weighted by Gasteiger charge is -2.08. The molecule has 21 heavy (non-hydrogen) atoms. The minimum Gasteiger partial charge on any atom is -0.366 e. The molecule has 0 aliphatic rings. The average molecular weight is 307 g/mol. The fourth-order valence-corrected chi connectivity index (χ4v) is 1.89. The van der Waals surface area contributed by atoms with Gasteiger partial charge in [0.25, 0.3) is 5.91 Å². The van der Waals surface area contributed by atoms with Gasteiger partial charge >= 0.3 is 0 Å². The standard InChI is InChI=1S/C15H12ClFN2O2/c16-8-9-1-3-10(4-2-9)15(21)19-13-7-11(14(18)20)5-6-12(13)17/h1-7H,8H2,(H2,18,20)(H,19,21). The Morgan fingerprint density at radius 2 is 1.71 bits per heavy atom. The molecule has 0 fully saturated rings. The quantitative estimate of drug-likeness (QED) is 0.852. The summed E-state index contributed by atoms with van der Waals surface area (Å²) in [5.41, 5.74) is 6.36. The fourth-order valence-electron chi connectivity index (χ4n) is 1.71. The van der Waals surface area contributed by atoms with Gasteiger partial charge in [0, 0.05) is 17.0 Å². The van der Waals surface area contributed by atoms with Crippen molar-refractivity contribution in [3.05, 3.63) is 65.0 Å². The van der Waals surface area contributed by atoms with E-state index in [-0.39, 0.29) is 11.3 Å². The van der Waals surface area contributed by atoms with E-state index in [1.807, 2.05) is 0 Å². The van der Waals surface area contributed by atoms with Crippen molar-refractivity contribution >= 4 is 29.1 Å². The molecule has 3 N–H and O–H groups in total. The molecule has 0 aliphatic carbocycles. The van der Waals surface area contributed by atoms with Gasteiger partial charge in [-0.15, -0.1) is 11.6 Å². The normalized spacial score (nSPS) is 10.2. The van der Waals surface area contributed by atoms with Crippen LogP contribution in [0.2, 0.25) is 0 Å². The van der Waals surface area contributed by atoms with Gasteiger partial charge < -0.3 is 11.1 Å². The first kappa shape index (κ1) is 15.0. The van der Waals surface area contributed by atoms with Crippen LogP contribution in [0.4, 0.5) is 10.1 Å². The van der Waals surface area contributed by atoms with E-state index in [0.29, 0.717) is 11.4 Å². The summed E-state index contributed by atoms with van der Waals surface area (Å²) < 4.78 is 13.6. The van der Waals surface area contributed by atoms with Crippen molar-refractivity contribution in [2.75, 3.05) is 5.32 Å².